The highest BCUT2D eigenvalue weighted by Crippen LogP contribution is 2.37. The third-order valence-electron chi connectivity index (χ3n) is 5.33. The second-order valence-electron chi connectivity index (χ2n) is 6.50. The molecule has 0 aliphatic heterocycles. The molecule has 0 bridgehead atoms. The van der Waals surface area contributed by atoms with Crippen LogP contribution in [0.1, 0.15) is 66.2 Å². The van der Waals surface area contributed by atoms with Crippen LogP contribution in [0.15, 0.2) is 0 Å². The predicted molar refractivity (Wildman–Crippen MR) is 76.4 cm³/mol. The van der Waals surface area contributed by atoms with Crippen LogP contribution in [0.2, 0.25) is 0 Å². The van der Waals surface area contributed by atoms with Crippen LogP contribution in [-0.4, -0.2) is 22.4 Å². The van der Waals surface area contributed by atoms with E-state index >= 15 is 0 Å². The molecule has 0 amide bonds. The third kappa shape index (κ3) is 4.24. The molecule has 2 N–H and O–H groups in total. The SMILES string of the molecule is CCCC(O)[C@H](C)C(C)[C@H](C)C1CCC(O)CC1. The highest BCUT2D eigenvalue weighted by Gasteiger charge is 2.31. The lowest BCUT2D eigenvalue weighted by Gasteiger charge is -2.37. The van der Waals surface area contributed by atoms with Gasteiger partial charge in [0, 0.05) is 0 Å². The number of aliphatic hydroxyl groups is 2. The van der Waals surface area contributed by atoms with Gasteiger partial charge in [0.15, 0.2) is 0 Å². The van der Waals surface area contributed by atoms with Crippen LogP contribution in [0.4, 0.5) is 0 Å². The van der Waals surface area contributed by atoms with Gasteiger partial charge in [-0.1, -0.05) is 34.1 Å². The average Bonchev–Trinajstić information content (AvgIpc) is 2.37. The summed E-state index contributed by atoms with van der Waals surface area (Å²) in [6.45, 7) is 8.95. The highest BCUT2D eigenvalue weighted by atomic mass is 16.3. The maximum absolute atomic E-state index is 10.1. The number of hydrogen-bond donors (Lipinski definition) is 2. The lowest BCUT2D eigenvalue weighted by molar-refractivity contribution is 0.0329. The molecule has 2 unspecified atom stereocenters. The Morgan fingerprint density at radius 2 is 1.56 bits per heavy atom. The Bertz CT molecular complexity index is 215. The van der Waals surface area contributed by atoms with Crippen LogP contribution < -0.4 is 0 Å². The summed E-state index contributed by atoms with van der Waals surface area (Å²) >= 11 is 0. The summed E-state index contributed by atoms with van der Waals surface area (Å²) in [4.78, 5) is 0. The van der Waals surface area contributed by atoms with Crippen molar-refractivity contribution in [2.75, 3.05) is 0 Å². The van der Waals surface area contributed by atoms with Crippen LogP contribution in [0.5, 0.6) is 0 Å². The van der Waals surface area contributed by atoms with Crippen molar-refractivity contribution in [2.45, 2.75) is 78.4 Å². The fourth-order valence-corrected chi connectivity index (χ4v) is 3.44. The summed E-state index contributed by atoms with van der Waals surface area (Å²) in [6.07, 6.45) is 6.01. The molecule has 0 saturated heterocycles. The highest BCUT2D eigenvalue weighted by molar-refractivity contribution is 4.81. The van der Waals surface area contributed by atoms with Gasteiger partial charge in [0.05, 0.1) is 12.2 Å². The van der Waals surface area contributed by atoms with E-state index in [1.165, 1.54) is 0 Å². The second-order valence-corrected chi connectivity index (χ2v) is 6.50. The van der Waals surface area contributed by atoms with Crippen molar-refractivity contribution < 1.29 is 10.2 Å². The lowest BCUT2D eigenvalue weighted by Crippen LogP contribution is -2.33. The molecule has 0 radical (unpaired) electrons. The molecule has 0 aromatic carbocycles. The largest absolute Gasteiger partial charge is 0.393 e. The summed E-state index contributed by atoms with van der Waals surface area (Å²) in [5.74, 6) is 2.33. The van der Waals surface area contributed by atoms with Crippen molar-refractivity contribution in [2.24, 2.45) is 23.7 Å². The lowest BCUT2D eigenvalue weighted by atomic mass is 9.70. The molecule has 108 valence electrons. The predicted octanol–water partition coefficient (Wildman–Crippen LogP) is 3.61. The zero-order chi connectivity index (χ0) is 13.7. The molecule has 1 aliphatic carbocycles. The van der Waals surface area contributed by atoms with Crippen LogP contribution in [-0.2, 0) is 0 Å². The van der Waals surface area contributed by atoms with Gasteiger partial charge in [-0.05, 0) is 55.8 Å². The molecule has 1 saturated carbocycles. The number of rotatable bonds is 6. The van der Waals surface area contributed by atoms with Crippen molar-refractivity contribution in [3.05, 3.63) is 0 Å². The minimum absolute atomic E-state index is 0.0631. The fraction of sp³-hybridized carbons (Fsp3) is 1.00. The van der Waals surface area contributed by atoms with Crippen LogP contribution in [0.3, 0.4) is 0 Å². The summed E-state index contributed by atoms with van der Waals surface area (Å²) < 4.78 is 0. The van der Waals surface area contributed by atoms with E-state index < -0.39 is 0 Å². The van der Waals surface area contributed by atoms with Gasteiger partial charge in [0.2, 0.25) is 0 Å². The first-order chi connectivity index (χ1) is 8.47. The molecule has 0 heterocycles. The molecule has 2 nitrogen and oxygen atoms in total. The first-order valence-corrected chi connectivity index (χ1v) is 7.83. The smallest absolute Gasteiger partial charge is 0.0568 e. The monoisotopic (exact) mass is 256 g/mol. The summed E-state index contributed by atoms with van der Waals surface area (Å²) in [6, 6.07) is 0. The molecule has 1 aliphatic rings. The summed E-state index contributed by atoms with van der Waals surface area (Å²) in [7, 11) is 0. The van der Waals surface area contributed by atoms with Gasteiger partial charge >= 0.3 is 0 Å². The Morgan fingerprint density at radius 1 is 1.00 bits per heavy atom. The Balaban J connectivity index is 2.46. The van der Waals surface area contributed by atoms with E-state index in [-0.39, 0.29) is 12.2 Å². The van der Waals surface area contributed by atoms with Crippen molar-refractivity contribution in [1.82, 2.24) is 0 Å². The number of hydrogen-bond acceptors (Lipinski definition) is 2. The van der Waals surface area contributed by atoms with Gasteiger partial charge in [-0.3, -0.25) is 0 Å². The van der Waals surface area contributed by atoms with Gasteiger partial charge in [-0.15, -0.1) is 0 Å². The van der Waals surface area contributed by atoms with Crippen LogP contribution in [0, 0.1) is 23.7 Å². The molecule has 18 heavy (non-hydrogen) atoms. The van der Waals surface area contributed by atoms with Crippen molar-refractivity contribution in [3.8, 4) is 0 Å². The maximum Gasteiger partial charge on any atom is 0.0568 e. The molecular weight excluding hydrogens is 224 g/mol. The zero-order valence-corrected chi connectivity index (χ0v) is 12.6. The molecule has 4 atom stereocenters. The van der Waals surface area contributed by atoms with E-state index in [0.717, 1.165) is 44.4 Å². The third-order valence-corrected chi connectivity index (χ3v) is 5.33. The van der Waals surface area contributed by atoms with Crippen molar-refractivity contribution in [1.29, 1.82) is 0 Å². The molecule has 0 aromatic rings. The Kier molecular flexibility index (Phi) is 6.65. The minimum Gasteiger partial charge on any atom is -0.393 e. The van der Waals surface area contributed by atoms with Crippen molar-refractivity contribution >= 4 is 0 Å². The topological polar surface area (TPSA) is 40.5 Å². The standard InChI is InChI=1S/C16H32O2/c1-5-6-16(18)13(4)11(2)12(3)14-7-9-15(17)10-8-14/h11-18H,5-10H2,1-4H3/t11?,12-,13+,14?,15?,16?/m0/s1. The van der Waals surface area contributed by atoms with E-state index in [1.54, 1.807) is 0 Å². The van der Waals surface area contributed by atoms with Gasteiger partial charge in [0.25, 0.3) is 0 Å². The van der Waals surface area contributed by atoms with E-state index in [4.69, 9.17) is 0 Å². The molecular formula is C16H32O2. The minimum atomic E-state index is -0.151. The average molecular weight is 256 g/mol. The first-order valence-electron chi connectivity index (χ1n) is 7.83. The van der Waals surface area contributed by atoms with Crippen LogP contribution in [0.25, 0.3) is 0 Å². The number of aliphatic hydroxyl groups excluding tert-OH is 2. The van der Waals surface area contributed by atoms with E-state index in [1.807, 2.05) is 0 Å². The van der Waals surface area contributed by atoms with Gasteiger partial charge < -0.3 is 10.2 Å². The summed E-state index contributed by atoms with van der Waals surface area (Å²) in [5, 5.41) is 19.7. The second kappa shape index (κ2) is 7.49. The van der Waals surface area contributed by atoms with Crippen LogP contribution >= 0.6 is 0 Å². The van der Waals surface area contributed by atoms with Gasteiger partial charge in [-0.25, -0.2) is 0 Å². The molecule has 0 aromatic heterocycles. The van der Waals surface area contributed by atoms with E-state index in [0.29, 0.717) is 17.8 Å². The van der Waals surface area contributed by atoms with E-state index in [9.17, 15) is 10.2 Å². The molecule has 2 heteroatoms. The molecule has 1 rings (SSSR count). The molecule has 0 spiro atoms. The Hall–Kier alpha value is -0.0800. The maximum atomic E-state index is 10.1. The van der Waals surface area contributed by atoms with E-state index in [2.05, 4.69) is 27.7 Å². The van der Waals surface area contributed by atoms with Crippen molar-refractivity contribution in [3.63, 3.8) is 0 Å². The molecule has 1 fully saturated rings. The quantitative estimate of drug-likeness (QED) is 0.762. The fourth-order valence-electron chi connectivity index (χ4n) is 3.44. The first kappa shape index (κ1) is 16.0. The zero-order valence-electron chi connectivity index (χ0n) is 12.6. The Labute approximate surface area is 113 Å². The van der Waals surface area contributed by atoms with Gasteiger partial charge in [0.1, 0.15) is 0 Å². The Morgan fingerprint density at radius 3 is 2.06 bits per heavy atom. The van der Waals surface area contributed by atoms with Gasteiger partial charge in [-0.2, -0.15) is 0 Å². The summed E-state index contributed by atoms with van der Waals surface area (Å²) in [5.41, 5.74) is 0. The normalized spacial score (nSPS) is 31.7.